The highest BCUT2D eigenvalue weighted by molar-refractivity contribution is 4.74. The van der Waals surface area contributed by atoms with Gasteiger partial charge in [-0.05, 0) is 38.4 Å². The molecule has 0 saturated heterocycles. The lowest BCUT2D eigenvalue weighted by molar-refractivity contribution is 0.281. The molecule has 2 nitrogen and oxygen atoms in total. The van der Waals surface area contributed by atoms with Crippen LogP contribution in [0.1, 0.15) is 26.2 Å². The first-order valence-electron chi connectivity index (χ1n) is 5.11. The Labute approximate surface area is 76.1 Å². The monoisotopic (exact) mass is 170 g/mol. The maximum atomic E-state index is 5.56. The molecule has 1 saturated carbocycles. The summed E-state index contributed by atoms with van der Waals surface area (Å²) in [6.45, 7) is 5.44. The van der Waals surface area contributed by atoms with Crippen molar-refractivity contribution in [1.29, 1.82) is 0 Å². The second kappa shape index (κ2) is 4.83. The van der Waals surface area contributed by atoms with Crippen LogP contribution in [-0.2, 0) is 0 Å². The van der Waals surface area contributed by atoms with Crippen LogP contribution in [0.5, 0.6) is 0 Å². The van der Waals surface area contributed by atoms with E-state index in [1.165, 1.54) is 25.8 Å². The third-order valence-electron chi connectivity index (χ3n) is 2.64. The van der Waals surface area contributed by atoms with Crippen LogP contribution in [-0.4, -0.2) is 31.6 Å². The van der Waals surface area contributed by atoms with E-state index in [1.807, 2.05) is 0 Å². The predicted octanol–water partition coefficient (Wildman–Crippen LogP) is 1.31. The Balaban J connectivity index is 1.97. The molecule has 12 heavy (non-hydrogen) atoms. The first kappa shape index (κ1) is 10.0. The summed E-state index contributed by atoms with van der Waals surface area (Å²) in [5, 5.41) is 0. The highest BCUT2D eigenvalue weighted by Crippen LogP contribution is 2.32. The topological polar surface area (TPSA) is 29.3 Å². The highest BCUT2D eigenvalue weighted by atomic mass is 15.1. The van der Waals surface area contributed by atoms with Gasteiger partial charge >= 0.3 is 0 Å². The van der Waals surface area contributed by atoms with Crippen LogP contribution in [0.3, 0.4) is 0 Å². The lowest BCUT2D eigenvalue weighted by atomic mass is 10.1. The smallest absolute Gasteiger partial charge is 0.00160 e. The van der Waals surface area contributed by atoms with Crippen molar-refractivity contribution in [3.8, 4) is 0 Å². The van der Waals surface area contributed by atoms with E-state index in [0.717, 1.165) is 19.0 Å². The molecule has 0 radical (unpaired) electrons. The van der Waals surface area contributed by atoms with Gasteiger partial charge in [-0.15, -0.1) is 0 Å². The summed E-state index contributed by atoms with van der Waals surface area (Å²) in [7, 11) is 2.20. The van der Waals surface area contributed by atoms with Gasteiger partial charge in [-0.1, -0.05) is 19.8 Å². The fourth-order valence-corrected chi connectivity index (χ4v) is 1.51. The Kier molecular flexibility index (Phi) is 4.02. The second-order valence-electron chi connectivity index (χ2n) is 4.34. The molecule has 0 aromatic heterocycles. The average molecular weight is 170 g/mol. The summed E-state index contributed by atoms with van der Waals surface area (Å²) in [5.41, 5.74) is 5.56. The average Bonchev–Trinajstić information content (AvgIpc) is 2.83. The summed E-state index contributed by atoms with van der Waals surface area (Å²) in [4.78, 5) is 2.41. The van der Waals surface area contributed by atoms with Gasteiger partial charge in [-0.25, -0.2) is 0 Å². The SMILES string of the molecule is CC(CN)CN(C)CCC1CC1. The summed E-state index contributed by atoms with van der Waals surface area (Å²) in [6.07, 6.45) is 4.34. The summed E-state index contributed by atoms with van der Waals surface area (Å²) < 4.78 is 0. The standard InChI is InChI=1S/C10H22N2/c1-9(7-11)8-12(2)6-5-10-3-4-10/h9-10H,3-8,11H2,1-2H3. The van der Waals surface area contributed by atoms with E-state index in [9.17, 15) is 0 Å². The first-order chi connectivity index (χ1) is 5.72. The van der Waals surface area contributed by atoms with Crippen LogP contribution in [0.4, 0.5) is 0 Å². The number of nitrogens with zero attached hydrogens (tertiary/aromatic N) is 1. The molecule has 1 atom stereocenters. The zero-order chi connectivity index (χ0) is 8.97. The maximum absolute atomic E-state index is 5.56. The normalized spacial score (nSPS) is 20.0. The van der Waals surface area contributed by atoms with Gasteiger partial charge in [-0.2, -0.15) is 0 Å². The van der Waals surface area contributed by atoms with Crippen molar-refractivity contribution in [3.05, 3.63) is 0 Å². The Bertz CT molecular complexity index is 121. The van der Waals surface area contributed by atoms with Crippen LogP contribution >= 0.6 is 0 Å². The molecule has 0 aromatic rings. The van der Waals surface area contributed by atoms with Crippen molar-refractivity contribution in [1.82, 2.24) is 4.90 Å². The molecule has 72 valence electrons. The minimum atomic E-state index is 0.647. The summed E-state index contributed by atoms with van der Waals surface area (Å²) in [6, 6.07) is 0. The van der Waals surface area contributed by atoms with E-state index in [0.29, 0.717) is 5.92 Å². The van der Waals surface area contributed by atoms with E-state index in [4.69, 9.17) is 5.73 Å². The first-order valence-corrected chi connectivity index (χ1v) is 5.11. The number of rotatable bonds is 6. The molecule has 2 N–H and O–H groups in total. The molecule has 1 fully saturated rings. The molecule has 2 heteroatoms. The van der Waals surface area contributed by atoms with Gasteiger partial charge in [0.2, 0.25) is 0 Å². The molecule has 1 aliphatic carbocycles. The van der Waals surface area contributed by atoms with Gasteiger partial charge in [-0.3, -0.25) is 0 Å². The van der Waals surface area contributed by atoms with Gasteiger partial charge in [0.25, 0.3) is 0 Å². The van der Waals surface area contributed by atoms with Crippen LogP contribution in [0.15, 0.2) is 0 Å². The zero-order valence-corrected chi connectivity index (χ0v) is 8.42. The van der Waals surface area contributed by atoms with Gasteiger partial charge in [0.1, 0.15) is 0 Å². The fourth-order valence-electron chi connectivity index (χ4n) is 1.51. The number of hydrogen-bond acceptors (Lipinski definition) is 2. The van der Waals surface area contributed by atoms with E-state index >= 15 is 0 Å². The van der Waals surface area contributed by atoms with Crippen LogP contribution in [0.25, 0.3) is 0 Å². The van der Waals surface area contributed by atoms with Crippen molar-refractivity contribution in [2.24, 2.45) is 17.6 Å². The molecule has 0 bridgehead atoms. The minimum absolute atomic E-state index is 0.647. The quantitative estimate of drug-likeness (QED) is 0.651. The van der Waals surface area contributed by atoms with Crippen molar-refractivity contribution in [2.75, 3.05) is 26.7 Å². The molecule has 0 spiro atoms. The largest absolute Gasteiger partial charge is 0.330 e. The molecule has 0 aliphatic heterocycles. The van der Waals surface area contributed by atoms with Crippen LogP contribution in [0.2, 0.25) is 0 Å². The third kappa shape index (κ3) is 4.07. The van der Waals surface area contributed by atoms with Crippen LogP contribution < -0.4 is 5.73 Å². The Hall–Kier alpha value is -0.0800. The van der Waals surface area contributed by atoms with Crippen molar-refractivity contribution in [3.63, 3.8) is 0 Å². The van der Waals surface area contributed by atoms with Crippen molar-refractivity contribution < 1.29 is 0 Å². The fraction of sp³-hybridized carbons (Fsp3) is 1.00. The molecule has 1 unspecified atom stereocenters. The molecule has 0 heterocycles. The van der Waals surface area contributed by atoms with E-state index in [2.05, 4.69) is 18.9 Å². The molecular weight excluding hydrogens is 148 g/mol. The molecule has 0 amide bonds. The van der Waals surface area contributed by atoms with Crippen LogP contribution in [0, 0.1) is 11.8 Å². The Morgan fingerprint density at radius 3 is 2.67 bits per heavy atom. The van der Waals surface area contributed by atoms with Crippen molar-refractivity contribution >= 4 is 0 Å². The predicted molar refractivity (Wildman–Crippen MR) is 53.1 cm³/mol. The lowest BCUT2D eigenvalue weighted by Gasteiger charge is -2.19. The number of nitrogens with two attached hydrogens (primary N) is 1. The molecule has 1 rings (SSSR count). The molecule has 1 aliphatic rings. The van der Waals surface area contributed by atoms with Crippen molar-refractivity contribution in [2.45, 2.75) is 26.2 Å². The van der Waals surface area contributed by atoms with Gasteiger partial charge in [0.05, 0.1) is 0 Å². The second-order valence-corrected chi connectivity index (χ2v) is 4.34. The Morgan fingerprint density at radius 1 is 1.50 bits per heavy atom. The highest BCUT2D eigenvalue weighted by Gasteiger charge is 2.21. The van der Waals surface area contributed by atoms with E-state index < -0.39 is 0 Å². The maximum Gasteiger partial charge on any atom is 0.00160 e. The van der Waals surface area contributed by atoms with E-state index in [-0.39, 0.29) is 0 Å². The zero-order valence-electron chi connectivity index (χ0n) is 8.42. The lowest BCUT2D eigenvalue weighted by Crippen LogP contribution is -2.29. The number of hydrogen-bond donors (Lipinski definition) is 1. The molecule has 0 aromatic carbocycles. The summed E-state index contributed by atoms with van der Waals surface area (Å²) >= 11 is 0. The van der Waals surface area contributed by atoms with Gasteiger partial charge in [0, 0.05) is 6.54 Å². The van der Waals surface area contributed by atoms with Gasteiger partial charge < -0.3 is 10.6 Å². The molecular formula is C10H22N2. The third-order valence-corrected chi connectivity index (χ3v) is 2.64. The van der Waals surface area contributed by atoms with Gasteiger partial charge in [0.15, 0.2) is 0 Å². The minimum Gasteiger partial charge on any atom is -0.330 e. The summed E-state index contributed by atoms with van der Waals surface area (Å²) in [5.74, 6) is 1.70. The van der Waals surface area contributed by atoms with E-state index in [1.54, 1.807) is 0 Å². The Morgan fingerprint density at radius 2 is 2.17 bits per heavy atom.